The van der Waals surface area contributed by atoms with Gasteiger partial charge in [-0.05, 0) is 38.5 Å². The van der Waals surface area contributed by atoms with Crippen LogP contribution in [-0.2, 0) is 14.4 Å². The molecule has 0 aliphatic heterocycles. The van der Waals surface area contributed by atoms with Crippen LogP contribution in [0.3, 0.4) is 0 Å². The number of aliphatic carboxylic acids is 3. The predicted octanol–water partition coefficient (Wildman–Crippen LogP) is 1.56. The van der Waals surface area contributed by atoms with Gasteiger partial charge in [0.2, 0.25) is 0 Å². The van der Waals surface area contributed by atoms with Gasteiger partial charge in [-0.2, -0.15) is 0 Å². The number of carbonyl (C=O) groups is 3. The lowest BCUT2D eigenvalue weighted by atomic mass is 9.39. The summed E-state index contributed by atoms with van der Waals surface area (Å²) in [5, 5.41) is 28.6. The summed E-state index contributed by atoms with van der Waals surface area (Å²) in [7, 11) is 0. The van der Waals surface area contributed by atoms with Crippen molar-refractivity contribution in [2.24, 2.45) is 16.2 Å². The Hall–Kier alpha value is -1.30. The molecule has 0 unspecified atom stereocenters. The molecule has 4 rings (SSSR count). The fourth-order valence-electron chi connectivity index (χ4n) is 5.19. The minimum Gasteiger partial charge on any atom is -0.481 e. The average molecular weight is 303 g/mol. The highest BCUT2D eigenvalue weighted by molar-refractivity contribution is 6.25. The first-order valence-corrected chi connectivity index (χ1v) is 6.84. The SMILES string of the molecule is O=C(O)C12CC3(Cl)CC(C(=O)O)(C1)CC(C(=O)O)(C3)C2. The molecule has 7 heteroatoms. The molecule has 4 saturated carbocycles. The largest absolute Gasteiger partial charge is 0.481 e. The molecular weight excluding hydrogens is 288 g/mol. The third kappa shape index (κ3) is 1.48. The number of hydrogen-bond acceptors (Lipinski definition) is 3. The molecule has 0 radical (unpaired) electrons. The van der Waals surface area contributed by atoms with Gasteiger partial charge in [-0.25, -0.2) is 0 Å². The monoisotopic (exact) mass is 302 g/mol. The van der Waals surface area contributed by atoms with E-state index in [0.717, 1.165) is 0 Å². The molecule has 4 bridgehead atoms. The summed E-state index contributed by atoms with van der Waals surface area (Å²) in [6.45, 7) is 0. The minimum atomic E-state index is -1.33. The van der Waals surface area contributed by atoms with Gasteiger partial charge >= 0.3 is 17.9 Å². The van der Waals surface area contributed by atoms with Crippen LogP contribution < -0.4 is 0 Å². The van der Waals surface area contributed by atoms with E-state index in [1.807, 2.05) is 0 Å². The van der Waals surface area contributed by atoms with Crippen LogP contribution in [0.5, 0.6) is 0 Å². The van der Waals surface area contributed by atoms with Crippen molar-refractivity contribution in [1.82, 2.24) is 0 Å². The lowest BCUT2D eigenvalue weighted by Crippen LogP contribution is -2.67. The predicted molar refractivity (Wildman–Crippen MR) is 66.5 cm³/mol. The lowest BCUT2D eigenvalue weighted by Gasteiger charge is -2.64. The van der Waals surface area contributed by atoms with Crippen molar-refractivity contribution in [2.75, 3.05) is 0 Å². The smallest absolute Gasteiger partial charge is 0.309 e. The number of carboxylic acids is 3. The van der Waals surface area contributed by atoms with Crippen LogP contribution in [0.1, 0.15) is 38.5 Å². The number of carboxylic acid groups (broad SMARTS) is 3. The van der Waals surface area contributed by atoms with Gasteiger partial charge in [0.15, 0.2) is 0 Å². The Morgan fingerprint density at radius 3 is 1.10 bits per heavy atom. The van der Waals surface area contributed by atoms with Crippen LogP contribution in [0.4, 0.5) is 0 Å². The van der Waals surface area contributed by atoms with Crippen molar-refractivity contribution in [3.63, 3.8) is 0 Å². The average Bonchev–Trinajstić information content (AvgIpc) is 2.24. The Labute approximate surface area is 119 Å². The first-order valence-electron chi connectivity index (χ1n) is 6.46. The molecule has 0 aromatic carbocycles. The molecule has 20 heavy (non-hydrogen) atoms. The van der Waals surface area contributed by atoms with E-state index in [0.29, 0.717) is 0 Å². The Balaban J connectivity index is 2.20. The summed E-state index contributed by atoms with van der Waals surface area (Å²) in [5.41, 5.74) is -3.98. The zero-order valence-corrected chi connectivity index (χ0v) is 11.4. The van der Waals surface area contributed by atoms with E-state index < -0.39 is 39.0 Å². The molecule has 4 aliphatic carbocycles. The fraction of sp³-hybridized carbons (Fsp3) is 0.769. The normalized spacial score (nSPS) is 49.0. The van der Waals surface area contributed by atoms with Crippen LogP contribution in [0.25, 0.3) is 0 Å². The Kier molecular flexibility index (Phi) is 2.37. The van der Waals surface area contributed by atoms with Gasteiger partial charge in [0, 0.05) is 4.87 Å². The first-order chi connectivity index (χ1) is 9.07. The number of alkyl halides is 1. The second kappa shape index (κ2) is 3.47. The number of rotatable bonds is 3. The highest BCUT2D eigenvalue weighted by Gasteiger charge is 2.74. The maximum absolute atomic E-state index is 11.7. The summed E-state index contributed by atoms with van der Waals surface area (Å²) >= 11 is 6.44. The van der Waals surface area contributed by atoms with E-state index in [2.05, 4.69) is 0 Å². The van der Waals surface area contributed by atoms with Crippen LogP contribution >= 0.6 is 11.6 Å². The standard InChI is InChI=1S/C13H15ClO6/c14-13-4-10(7(15)16)1-11(5-13,8(17)18)3-12(2-10,6-13)9(19)20/h1-6H2,(H,15,16)(H,17,18)(H,19,20). The zero-order valence-electron chi connectivity index (χ0n) is 10.7. The molecule has 110 valence electrons. The van der Waals surface area contributed by atoms with E-state index in [1.165, 1.54) is 0 Å². The van der Waals surface area contributed by atoms with Crippen molar-refractivity contribution >= 4 is 29.5 Å². The molecule has 0 aromatic heterocycles. The van der Waals surface area contributed by atoms with Crippen molar-refractivity contribution in [2.45, 2.75) is 43.4 Å². The topological polar surface area (TPSA) is 112 Å². The third-order valence-corrected chi connectivity index (χ3v) is 5.76. The highest BCUT2D eigenvalue weighted by atomic mass is 35.5. The molecule has 0 amide bonds. The summed E-state index contributed by atoms with van der Waals surface area (Å²) in [6.07, 6.45) is 0.402. The van der Waals surface area contributed by atoms with Gasteiger partial charge in [0.05, 0.1) is 16.2 Å². The quantitative estimate of drug-likeness (QED) is 0.682. The van der Waals surface area contributed by atoms with E-state index in [4.69, 9.17) is 11.6 Å². The van der Waals surface area contributed by atoms with E-state index in [1.54, 1.807) is 0 Å². The lowest BCUT2D eigenvalue weighted by molar-refractivity contribution is -0.205. The van der Waals surface area contributed by atoms with Gasteiger partial charge < -0.3 is 15.3 Å². The summed E-state index contributed by atoms with van der Waals surface area (Å²) in [4.78, 5) is 34.0. The molecule has 6 nitrogen and oxygen atoms in total. The molecule has 0 aromatic rings. The molecule has 4 aliphatic rings. The van der Waals surface area contributed by atoms with Crippen LogP contribution in [0.2, 0.25) is 0 Å². The number of halogens is 1. The van der Waals surface area contributed by atoms with E-state index in [9.17, 15) is 29.7 Å². The minimum absolute atomic E-state index is 0.0197. The van der Waals surface area contributed by atoms with Gasteiger partial charge in [0.25, 0.3) is 0 Å². The van der Waals surface area contributed by atoms with Crippen molar-refractivity contribution in [1.29, 1.82) is 0 Å². The van der Waals surface area contributed by atoms with Gasteiger partial charge in [0.1, 0.15) is 0 Å². The van der Waals surface area contributed by atoms with Gasteiger partial charge in [-0.3, -0.25) is 14.4 Å². The van der Waals surface area contributed by atoms with Gasteiger partial charge in [-0.1, -0.05) is 0 Å². The molecule has 4 fully saturated rings. The molecule has 0 heterocycles. The highest BCUT2D eigenvalue weighted by Crippen LogP contribution is 2.72. The fourth-order valence-corrected chi connectivity index (χ4v) is 5.96. The summed E-state index contributed by atoms with van der Waals surface area (Å²) in [5.74, 6) is -3.38. The van der Waals surface area contributed by atoms with Crippen LogP contribution in [-0.4, -0.2) is 38.1 Å². The second-order valence-corrected chi connectivity index (χ2v) is 7.77. The maximum Gasteiger partial charge on any atom is 0.309 e. The van der Waals surface area contributed by atoms with Gasteiger partial charge in [-0.15, -0.1) is 11.6 Å². The second-order valence-electron chi connectivity index (χ2n) is 6.97. The summed E-state index contributed by atoms with van der Waals surface area (Å²) in [6, 6.07) is 0. The molecular formula is C13H15ClO6. The number of hydrogen-bond donors (Lipinski definition) is 3. The Bertz CT molecular complexity index is 459. The van der Waals surface area contributed by atoms with Crippen molar-refractivity contribution in [3.05, 3.63) is 0 Å². The first kappa shape index (κ1) is 13.7. The third-order valence-electron chi connectivity index (χ3n) is 5.36. The zero-order chi connectivity index (χ0) is 15.0. The molecule has 3 N–H and O–H groups in total. The van der Waals surface area contributed by atoms with E-state index in [-0.39, 0.29) is 38.5 Å². The van der Waals surface area contributed by atoms with E-state index >= 15 is 0 Å². The molecule has 0 spiro atoms. The van der Waals surface area contributed by atoms with Crippen molar-refractivity contribution < 1.29 is 29.7 Å². The van der Waals surface area contributed by atoms with Crippen LogP contribution in [0, 0.1) is 16.2 Å². The summed E-state index contributed by atoms with van der Waals surface area (Å²) < 4.78 is 0. The Morgan fingerprint density at radius 2 is 0.900 bits per heavy atom. The van der Waals surface area contributed by atoms with Crippen molar-refractivity contribution in [3.8, 4) is 0 Å². The molecule has 0 atom stereocenters. The maximum atomic E-state index is 11.7. The van der Waals surface area contributed by atoms with Crippen LogP contribution in [0.15, 0.2) is 0 Å². The Morgan fingerprint density at radius 1 is 0.650 bits per heavy atom. The molecule has 0 saturated heterocycles.